The Bertz CT molecular complexity index is 544. The molecule has 0 amide bonds. The van der Waals surface area contributed by atoms with Crippen LogP contribution < -0.4 is 5.56 Å². The maximum atomic E-state index is 11.8. The van der Waals surface area contributed by atoms with E-state index in [1.165, 1.54) is 0 Å². The molecule has 3 nitrogen and oxygen atoms in total. The molecule has 0 aliphatic rings. The Morgan fingerprint density at radius 3 is 2.50 bits per heavy atom. The van der Waals surface area contributed by atoms with E-state index in [2.05, 4.69) is 4.98 Å². The second-order valence-electron chi connectivity index (χ2n) is 3.56. The summed E-state index contributed by atoms with van der Waals surface area (Å²) < 4.78 is 5.48. The van der Waals surface area contributed by atoms with E-state index < -0.39 is 0 Å². The highest BCUT2D eigenvalue weighted by molar-refractivity contribution is 5.63. The lowest BCUT2D eigenvalue weighted by Crippen LogP contribution is -2.13. The van der Waals surface area contributed by atoms with Crippen LogP contribution in [0.1, 0.15) is 18.6 Å². The summed E-state index contributed by atoms with van der Waals surface area (Å²) in [5.74, 6) is 1.12. The molecule has 0 radical (unpaired) electrons. The highest BCUT2D eigenvalue weighted by Gasteiger charge is 2.11. The molecule has 0 aliphatic carbocycles. The molecule has 2 aromatic rings. The normalized spacial score (nSPS) is 10.4. The van der Waals surface area contributed by atoms with Gasteiger partial charge in [-0.25, -0.2) is 0 Å². The molecule has 3 heteroatoms. The highest BCUT2D eigenvalue weighted by atomic mass is 16.3. The van der Waals surface area contributed by atoms with Crippen LogP contribution in [0.15, 0.2) is 39.5 Å². The van der Waals surface area contributed by atoms with Crippen molar-refractivity contribution in [3.63, 3.8) is 0 Å². The van der Waals surface area contributed by atoms with Crippen molar-refractivity contribution in [2.45, 2.75) is 20.3 Å². The molecule has 0 atom stereocenters. The molecule has 0 saturated carbocycles. The fourth-order valence-corrected chi connectivity index (χ4v) is 1.65. The topological polar surface area (TPSA) is 43.1 Å². The number of nitrogens with zero attached hydrogens (tertiary/aromatic N) is 1. The summed E-state index contributed by atoms with van der Waals surface area (Å²) in [5.41, 5.74) is 1.19. The highest BCUT2D eigenvalue weighted by Crippen LogP contribution is 2.18. The fraction of sp³-hybridized carbons (Fsp3) is 0.231. The van der Waals surface area contributed by atoms with Crippen molar-refractivity contribution < 1.29 is 4.42 Å². The maximum Gasteiger partial charge on any atom is 0.284 e. The van der Waals surface area contributed by atoms with E-state index in [-0.39, 0.29) is 5.56 Å². The minimum Gasteiger partial charge on any atom is -0.447 e. The monoisotopic (exact) mass is 215 g/mol. The van der Waals surface area contributed by atoms with Crippen molar-refractivity contribution in [3.05, 3.63) is 52.3 Å². The molecule has 0 fully saturated rings. The Morgan fingerprint density at radius 2 is 1.94 bits per heavy atom. The van der Waals surface area contributed by atoms with E-state index >= 15 is 0 Å². The number of hydrogen-bond acceptors (Lipinski definition) is 3. The molecule has 2 rings (SSSR count). The first-order valence-corrected chi connectivity index (χ1v) is 5.28. The summed E-state index contributed by atoms with van der Waals surface area (Å²) in [6, 6.07) is 9.46. The van der Waals surface area contributed by atoms with Gasteiger partial charge in [-0.3, -0.25) is 4.79 Å². The van der Waals surface area contributed by atoms with Crippen molar-refractivity contribution in [2.75, 3.05) is 0 Å². The first-order valence-electron chi connectivity index (χ1n) is 5.28. The average Bonchev–Trinajstić information content (AvgIpc) is 2.29. The van der Waals surface area contributed by atoms with Gasteiger partial charge in [0.15, 0.2) is 5.89 Å². The van der Waals surface area contributed by atoms with E-state index in [1.54, 1.807) is 6.92 Å². The van der Waals surface area contributed by atoms with Crippen molar-refractivity contribution >= 4 is 0 Å². The molecule has 1 aromatic carbocycles. The van der Waals surface area contributed by atoms with E-state index in [0.717, 1.165) is 5.56 Å². The van der Waals surface area contributed by atoms with Crippen molar-refractivity contribution in [1.29, 1.82) is 0 Å². The summed E-state index contributed by atoms with van der Waals surface area (Å²) in [7, 11) is 0. The molecule has 16 heavy (non-hydrogen) atoms. The van der Waals surface area contributed by atoms with Crippen LogP contribution in [0.25, 0.3) is 11.1 Å². The van der Waals surface area contributed by atoms with E-state index in [9.17, 15) is 4.79 Å². The molecule has 0 saturated heterocycles. The van der Waals surface area contributed by atoms with Gasteiger partial charge in [0.25, 0.3) is 5.56 Å². The predicted octanol–water partition coefficient (Wildman–Crippen LogP) is 2.57. The summed E-state index contributed by atoms with van der Waals surface area (Å²) in [6.07, 6.45) is 0.630. The Labute approximate surface area is 93.8 Å². The summed E-state index contributed by atoms with van der Waals surface area (Å²) in [4.78, 5) is 15.8. The number of benzene rings is 1. The Kier molecular flexibility index (Phi) is 2.86. The average molecular weight is 215 g/mol. The van der Waals surface area contributed by atoms with Crippen LogP contribution in [-0.4, -0.2) is 4.98 Å². The number of rotatable bonds is 2. The van der Waals surface area contributed by atoms with Gasteiger partial charge in [0.2, 0.25) is 0 Å². The molecule has 0 N–H and O–H groups in total. The van der Waals surface area contributed by atoms with Crippen LogP contribution in [-0.2, 0) is 6.42 Å². The lowest BCUT2D eigenvalue weighted by molar-refractivity contribution is 0.444. The maximum absolute atomic E-state index is 11.8. The SMILES string of the molecule is CCc1nc(=O)c(-c2ccccc2)c(C)o1. The van der Waals surface area contributed by atoms with Crippen LogP contribution in [0.5, 0.6) is 0 Å². The van der Waals surface area contributed by atoms with Gasteiger partial charge in [-0.15, -0.1) is 0 Å². The third-order valence-electron chi connectivity index (χ3n) is 2.43. The Morgan fingerprint density at radius 1 is 1.25 bits per heavy atom. The molecule has 0 unspecified atom stereocenters. The van der Waals surface area contributed by atoms with Crippen LogP contribution in [0.4, 0.5) is 0 Å². The third-order valence-corrected chi connectivity index (χ3v) is 2.43. The summed E-state index contributed by atoms with van der Waals surface area (Å²) in [5, 5.41) is 0. The molecule has 0 aliphatic heterocycles. The molecule has 1 heterocycles. The second kappa shape index (κ2) is 4.31. The summed E-state index contributed by atoms with van der Waals surface area (Å²) >= 11 is 0. The first kappa shape index (κ1) is 10.6. The second-order valence-corrected chi connectivity index (χ2v) is 3.56. The third kappa shape index (κ3) is 1.89. The zero-order valence-corrected chi connectivity index (χ0v) is 9.36. The van der Waals surface area contributed by atoms with Gasteiger partial charge in [-0.1, -0.05) is 37.3 Å². The van der Waals surface area contributed by atoms with Gasteiger partial charge in [0.05, 0.1) is 5.56 Å². The van der Waals surface area contributed by atoms with Gasteiger partial charge in [0.1, 0.15) is 5.76 Å². The van der Waals surface area contributed by atoms with Gasteiger partial charge < -0.3 is 4.42 Å². The van der Waals surface area contributed by atoms with Gasteiger partial charge >= 0.3 is 0 Å². The van der Waals surface area contributed by atoms with Crippen LogP contribution >= 0.6 is 0 Å². The van der Waals surface area contributed by atoms with Crippen molar-refractivity contribution in [3.8, 4) is 11.1 Å². The quantitative estimate of drug-likeness (QED) is 0.773. The van der Waals surface area contributed by atoms with Crippen LogP contribution in [0.2, 0.25) is 0 Å². The lowest BCUT2D eigenvalue weighted by atomic mass is 10.1. The van der Waals surface area contributed by atoms with Crippen molar-refractivity contribution in [1.82, 2.24) is 4.98 Å². The molecule has 1 aromatic heterocycles. The molecule has 0 bridgehead atoms. The van der Waals surface area contributed by atoms with Gasteiger partial charge in [-0.05, 0) is 12.5 Å². The zero-order valence-electron chi connectivity index (χ0n) is 9.36. The molecule has 82 valence electrons. The smallest absolute Gasteiger partial charge is 0.284 e. The minimum absolute atomic E-state index is 0.216. The van der Waals surface area contributed by atoms with E-state index in [4.69, 9.17) is 4.42 Å². The lowest BCUT2D eigenvalue weighted by Gasteiger charge is -2.04. The summed E-state index contributed by atoms with van der Waals surface area (Å²) in [6.45, 7) is 3.71. The Hall–Kier alpha value is -1.90. The number of hydrogen-bond donors (Lipinski definition) is 0. The largest absolute Gasteiger partial charge is 0.447 e. The minimum atomic E-state index is -0.216. The van der Waals surface area contributed by atoms with Crippen molar-refractivity contribution in [2.24, 2.45) is 0 Å². The molecule has 0 spiro atoms. The van der Waals surface area contributed by atoms with E-state index in [0.29, 0.717) is 23.6 Å². The first-order chi connectivity index (χ1) is 7.72. The van der Waals surface area contributed by atoms with Crippen LogP contribution in [0, 0.1) is 6.92 Å². The predicted molar refractivity (Wildman–Crippen MR) is 62.3 cm³/mol. The van der Waals surface area contributed by atoms with Gasteiger partial charge in [0, 0.05) is 6.42 Å². The van der Waals surface area contributed by atoms with Crippen LogP contribution in [0.3, 0.4) is 0 Å². The fourth-order valence-electron chi connectivity index (χ4n) is 1.65. The zero-order chi connectivity index (χ0) is 11.5. The number of aryl methyl sites for hydroxylation is 2. The Balaban J connectivity index is 2.63. The molecular weight excluding hydrogens is 202 g/mol. The van der Waals surface area contributed by atoms with E-state index in [1.807, 2.05) is 37.3 Å². The standard InChI is InChI=1S/C13H13NO2/c1-3-11-14-13(15)12(9(2)16-11)10-7-5-4-6-8-10/h4-8H,3H2,1-2H3. The number of aromatic nitrogens is 1. The van der Waals surface area contributed by atoms with Gasteiger partial charge in [-0.2, -0.15) is 4.98 Å². The molecular formula is C13H13NO2.